The minimum Gasteiger partial charge on any atom is -0.504 e. The number of carbonyl (C=O) groups excluding carboxylic acids is 2. The summed E-state index contributed by atoms with van der Waals surface area (Å²) in [4.78, 5) is 22.9. The monoisotopic (exact) mass is 358 g/mol. The van der Waals surface area contributed by atoms with E-state index < -0.39 is 6.16 Å². The first-order valence-electron chi connectivity index (χ1n) is 8.04. The molecule has 0 fully saturated rings. The van der Waals surface area contributed by atoms with E-state index in [0.717, 1.165) is 11.1 Å². The fourth-order valence-corrected chi connectivity index (χ4v) is 2.93. The number of esters is 1. The Hall–Kier alpha value is -3.22. The number of phenolic OH excluding ortho intramolecular Hbond substituents is 2. The van der Waals surface area contributed by atoms with Gasteiger partial charge in [-0.05, 0) is 29.3 Å². The van der Waals surface area contributed by atoms with Crippen molar-refractivity contribution < 1.29 is 34.0 Å². The van der Waals surface area contributed by atoms with E-state index in [1.165, 1.54) is 19.2 Å². The summed E-state index contributed by atoms with van der Waals surface area (Å²) in [5.74, 6) is -0.681. The van der Waals surface area contributed by atoms with E-state index >= 15 is 0 Å². The van der Waals surface area contributed by atoms with E-state index in [0.29, 0.717) is 17.7 Å². The molecule has 2 N–H and O–H groups in total. The quantitative estimate of drug-likeness (QED) is 0.492. The second-order valence-electron chi connectivity index (χ2n) is 5.90. The van der Waals surface area contributed by atoms with Gasteiger partial charge >= 0.3 is 12.1 Å². The number of hydrogen-bond donors (Lipinski definition) is 2. The molecule has 3 rings (SSSR count). The number of hydrogen-bond acceptors (Lipinski definition) is 7. The highest BCUT2D eigenvalue weighted by molar-refractivity contribution is 5.77. The van der Waals surface area contributed by atoms with Crippen molar-refractivity contribution in [2.24, 2.45) is 0 Å². The highest BCUT2D eigenvalue weighted by atomic mass is 16.7. The average molecular weight is 358 g/mol. The topological polar surface area (TPSA) is 102 Å². The van der Waals surface area contributed by atoms with Crippen LogP contribution >= 0.6 is 0 Å². The summed E-state index contributed by atoms with van der Waals surface area (Å²) < 4.78 is 14.6. The van der Waals surface area contributed by atoms with E-state index in [4.69, 9.17) is 9.47 Å². The van der Waals surface area contributed by atoms with Gasteiger partial charge in [0, 0.05) is 17.9 Å². The van der Waals surface area contributed by atoms with Crippen LogP contribution in [-0.4, -0.2) is 36.1 Å². The Bertz CT molecular complexity index is 844. The van der Waals surface area contributed by atoms with Gasteiger partial charge < -0.3 is 24.4 Å². The van der Waals surface area contributed by atoms with Crippen LogP contribution in [0.5, 0.6) is 17.2 Å². The van der Waals surface area contributed by atoms with E-state index in [1.54, 1.807) is 18.2 Å². The summed E-state index contributed by atoms with van der Waals surface area (Å²) in [7, 11) is 1.24. The van der Waals surface area contributed by atoms with Gasteiger partial charge in [-0.25, -0.2) is 4.79 Å². The van der Waals surface area contributed by atoms with Crippen molar-refractivity contribution in [1.29, 1.82) is 0 Å². The molecule has 0 aromatic heterocycles. The molecule has 0 saturated carbocycles. The molecular formula is C19H18O7. The zero-order valence-electron chi connectivity index (χ0n) is 14.1. The molecule has 2 aromatic carbocycles. The minimum atomic E-state index is -0.741. The SMILES string of the molecule is COC(=O)OCCc1ccc2c(c1)C(c1ccc(O)c(O)c1)CC(=O)O2. The van der Waals surface area contributed by atoms with Gasteiger partial charge in [0.15, 0.2) is 11.5 Å². The molecule has 0 aliphatic carbocycles. The summed E-state index contributed by atoms with van der Waals surface area (Å²) >= 11 is 0. The van der Waals surface area contributed by atoms with E-state index in [-0.39, 0.29) is 36.4 Å². The van der Waals surface area contributed by atoms with Gasteiger partial charge in [0.25, 0.3) is 0 Å². The number of ether oxygens (including phenoxy) is 3. The number of methoxy groups -OCH3 is 1. The Morgan fingerprint density at radius 3 is 2.73 bits per heavy atom. The molecule has 2 aromatic rings. The number of carbonyl (C=O) groups is 2. The van der Waals surface area contributed by atoms with Crippen LogP contribution in [0, 0.1) is 0 Å². The first kappa shape index (κ1) is 17.6. The van der Waals surface area contributed by atoms with Crippen molar-refractivity contribution in [2.75, 3.05) is 13.7 Å². The molecule has 1 heterocycles. The van der Waals surface area contributed by atoms with Gasteiger partial charge in [0.05, 0.1) is 20.1 Å². The third-order valence-electron chi connectivity index (χ3n) is 4.22. The molecule has 1 atom stereocenters. The standard InChI is InChI=1S/C19H18O7/c1-24-19(23)25-7-6-11-2-5-17-14(8-11)13(10-18(22)26-17)12-3-4-15(20)16(21)9-12/h2-5,8-9,13,20-21H,6-7,10H2,1H3. The number of fused-ring (bicyclic) bond motifs is 1. The zero-order valence-corrected chi connectivity index (χ0v) is 14.1. The van der Waals surface area contributed by atoms with Crippen LogP contribution < -0.4 is 4.74 Å². The molecule has 0 spiro atoms. The van der Waals surface area contributed by atoms with Gasteiger partial charge in [-0.1, -0.05) is 18.2 Å². The molecule has 7 heteroatoms. The zero-order chi connectivity index (χ0) is 18.7. The highest BCUT2D eigenvalue weighted by Gasteiger charge is 2.29. The van der Waals surface area contributed by atoms with Crippen LogP contribution in [-0.2, 0) is 20.7 Å². The number of phenols is 2. The Kier molecular flexibility index (Phi) is 4.97. The maximum Gasteiger partial charge on any atom is 0.507 e. The van der Waals surface area contributed by atoms with E-state index in [2.05, 4.69) is 4.74 Å². The summed E-state index contributed by atoms with van der Waals surface area (Å²) in [6.45, 7) is 0.163. The minimum absolute atomic E-state index is 0.124. The summed E-state index contributed by atoms with van der Waals surface area (Å²) in [5, 5.41) is 19.3. The smallest absolute Gasteiger partial charge is 0.504 e. The Labute approximate surface area is 149 Å². The van der Waals surface area contributed by atoms with Crippen LogP contribution in [0.15, 0.2) is 36.4 Å². The maximum atomic E-state index is 11.9. The lowest BCUT2D eigenvalue weighted by atomic mass is 9.85. The predicted octanol–water partition coefficient (Wildman–Crippen LogP) is 2.86. The molecule has 26 heavy (non-hydrogen) atoms. The third-order valence-corrected chi connectivity index (χ3v) is 4.22. The largest absolute Gasteiger partial charge is 0.507 e. The number of benzene rings is 2. The Morgan fingerprint density at radius 2 is 2.00 bits per heavy atom. The molecule has 0 radical (unpaired) electrons. The van der Waals surface area contributed by atoms with Crippen molar-refractivity contribution >= 4 is 12.1 Å². The van der Waals surface area contributed by atoms with Gasteiger partial charge in [0.1, 0.15) is 5.75 Å². The molecule has 1 aliphatic heterocycles. The van der Waals surface area contributed by atoms with Gasteiger partial charge in [-0.3, -0.25) is 4.79 Å². The molecule has 1 aliphatic rings. The van der Waals surface area contributed by atoms with Crippen LogP contribution in [0.3, 0.4) is 0 Å². The van der Waals surface area contributed by atoms with Crippen LogP contribution in [0.1, 0.15) is 29.0 Å². The lowest BCUT2D eigenvalue weighted by molar-refractivity contribution is -0.135. The lowest BCUT2D eigenvalue weighted by Crippen LogP contribution is -2.21. The van der Waals surface area contributed by atoms with Crippen molar-refractivity contribution in [2.45, 2.75) is 18.8 Å². The summed E-state index contributed by atoms with van der Waals surface area (Å²) in [5.41, 5.74) is 2.39. The first-order valence-corrected chi connectivity index (χ1v) is 8.04. The lowest BCUT2D eigenvalue weighted by Gasteiger charge is -2.25. The number of rotatable bonds is 4. The highest BCUT2D eigenvalue weighted by Crippen LogP contribution is 2.41. The molecule has 0 amide bonds. The maximum absolute atomic E-state index is 11.9. The molecule has 136 valence electrons. The van der Waals surface area contributed by atoms with Gasteiger partial charge in [-0.2, -0.15) is 0 Å². The second kappa shape index (κ2) is 7.35. The third kappa shape index (κ3) is 3.72. The second-order valence-corrected chi connectivity index (χ2v) is 5.90. The van der Waals surface area contributed by atoms with Crippen molar-refractivity contribution in [3.63, 3.8) is 0 Å². The normalized spacial score (nSPS) is 15.7. The fraction of sp³-hybridized carbons (Fsp3) is 0.263. The van der Waals surface area contributed by atoms with E-state index in [9.17, 15) is 19.8 Å². The first-order chi connectivity index (χ1) is 12.5. The van der Waals surface area contributed by atoms with Crippen molar-refractivity contribution in [3.8, 4) is 17.2 Å². The Morgan fingerprint density at radius 1 is 1.19 bits per heavy atom. The van der Waals surface area contributed by atoms with Gasteiger partial charge in [0.2, 0.25) is 0 Å². The summed E-state index contributed by atoms with van der Waals surface area (Å²) in [6.07, 6.45) is -0.141. The van der Waals surface area contributed by atoms with Crippen molar-refractivity contribution in [1.82, 2.24) is 0 Å². The average Bonchev–Trinajstić information content (AvgIpc) is 2.63. The summed E-state index contributed by atoms with van der Waals surface area (Å²) in [6, 6.07) is 9.87. The van der Waals surface area contributed by atoms with Crippen LogP contribution in [0.25, 0.3) is 0 Å². The van der Waals surface area contributed by atoms with Gasteiger partial charge in [-0.15, -0.1) is 0 Å². The molecular weight excluding hydrogens is 340 g/mol. The molecule has 1 unspecified atom stereocenters. The predicted molar refractivity (Wildman–Crippen MR) is 90.4 cm³/mol. The Balaban J connectivity index is 1.87. The van der Waals surface area contributed by atoms with E-state index in [1.807, 2.05) is 6.07 Å². The van der Waals surface area contributed by atoms with Crippen LogP contribution in [0.2, 0.25) is 0 Å². The molecule has 0 saturated heterocycles. The fourth-order valence-electron chi connectivity index (χ4n) is 2.93. The molecule has 0 bridgehead atoms. The van der Waals surface area contributed by atoms with Crippen molar-refractivity contribution in [3.05, 3.63) is 53.1 Å². The van der Waals surface area contributed by atoms with Crippen LogP contribution in [0.4, 0.5) is 4.79 Å². The molecule has 7 nitrogen and oxygen atoms in total. The number of aromatic hydroxyl groups is 2.